The van der Waals surface area contributed by atoms with Crippen molar-refractivity contribution in [3.05, 3.63) is 71.8 Å². The summed E-state index contributed by atoms with van der Waals surface area (Å²) < 4.78 is 0. The molecule has 24 nitrogen and oxygen atoms in total. The summed E-state index contributed by atoms with van der Waals surface area (Å²) in [5, 5.41) is 56.4. The van der Waals surface area contributed by atoms with Gasteiger partial charge in [-0.15, -0.1) is 0 Å². The lowest BCUT2D eigenvalue weighted by Crippen LogP contribution is -2.62. The molecule has 0 spiro atoms. The first kappa shape index (κ1) is 62.8. The summed E-state index contributed by atoms with van der Waals surface area (Å²) in [6, 6.07) is 4.79. The third-order valence-electron chi connectivity index (χ3n) is 12.6. The van der Waals surface area contributed by atoms with E-state index < -0.39 is 164 Å². The second-order valence-corrected chi connectivity index (χ2v) is 20.0. The van der Waals surface area contributed by atoms with E-state index in [0.717, 1.165) is 5.56 Å². The van der Waals surface area contributed by atoms with Crippen molar-refractivity contribution in [3.63, 3.8) is 0 Å². The number of carboxylic acid groups (broad SMARTS) is 3. The number of likely N-dealkylation sites (tertiary alicyclic amines) is 1. The summed E-state index contributed by atoms with van der Waals surface area (Å²) in [4.78, 5) is 147. The van der Waals surface area contributed by atoms with E-state index in [2.05, 4.69) is 37.2 Å². The Balaban J connectivity index is 1.80. The van der Waals surface area contributed by atoms with Gasteiger partial charge in [0.2, 0.25) is 47.3 Å². The maximum Gasteiger partial charge on any atom is 0.326 e. The van der Waals surface area contributed by atoms with Crippen LogP contribution in [-0.4, -0.2) is 158 Å². The first-order valence-corrected chi connectivity index (χ1v) is 25.4. The first-order valence-electron chi connectivity index (χ1n) is 25.4. The topological polar surface area (TPSA) is 382 Å². The Morgan fingerprint density at radius 1 is 0.553 bits per heavy atom. The molecular formula is C52H75N9O15. The molecule has 8 amide bonds. The molecule has 418 valence electrons. The van der Waals surface area contributed by atoms with Gasteiger partial charge in [-0.2, -0.15) is 0 Å². The summed E-state index contributed by atoms with van der Waals surface area (Å²) in [5.74, 6) is -12.4. The zero-order chi connectivity index (χ0) is 56.8. The molecule has 0 unspecified atom stereocenters. The number of hydrogen-bond acceptors (Lipinski definition) is 13. The number of aliphatic hydroxyl groups excluding tert-OH is 1. The zero-order valence-electron chi connectivity index (χ0n) is 43.8. The van der Waals surface area contributed by atoms with Gasteiger partial charge in [-0.05, 0) is 67.4 Å². The second kappa shape index (κ2) is 30.8. The number of hydrogen-bond donors (Lipinski definition) is 12. The Kier molecular flexibility index (Phi) is 25.5. The maximum absolute atomic E-state index is 14.0. The van der Waals surface area contributed by atoms with Crippen molar-refractivity contribution >= 4 is 65.2 Å². The molecule has 2 aromatic carbocycles. The highest BCUT2D eigenvalue weighted by atomic mass is 16.4. The van der Waals surface area contributed by atoms with Gasteiger partial charge in [-0.25, -0.2) is 4.79 Å². The molecule has 1 aliphatic rings. The standard InChI is InChI=1S/C52H75N9O15/c1-28(2)24-37(52(75)76)57-45(68)34(19-21-40(63)64)54-47(70)36(26-32-16-11-8-12-17-32)56-48(71)38(27-62)58-50(73)42(29(3)4)59-46(69)35(20-22-41(65)66)55-49(72)39-18-13-23-61(39)51(74)43(30(5)6)60-44(67)33(53)25-31-14-9-7-10-15-31/h7-12,14-17,28-30,33-39,42-43,62H,13,18-27,53H2,1-6H3,(H,54,70)(H,55,72)(H,56,71)(H,57,68)(H,58,73)(H,59,69)(H,60,67)(H,63,64)(H,65,66)(H,75,76)/t33-,34-,35-,36-,37-,38-,39-,42-,43-/m0/s1. The fraction of sp³-hybridized carbons (Fsp3) is 0.558. The van der Waals surface area contributed by atoms with Crippen LogP contribution in [0, 0.1) is 17.8 Å². The lowest BCUT2D eigenvalue weighted by atomic mass is 10.00. The molecule has 1 fully saturated rings. The van der Waals surface area contributed by atoms with E-state index in [-0.39, 0.29) is 38.1 Å². The third kappa shape index (κ3) is 20.3. The normalized spacial score (nSPS) is 16.4. The number of rotatable bonds is 31. The summed E-state index contributed by atoms with van der Waals surface area (Å²) in [6.45, 7) is 9.03. The van der Waals surface area contributed by atoms with Gasteiger partial charge in [0.25, 0.3) is 0 Å². The van der Waals surface area contributed by atoms with Gasteiger partial charge in [0.05, 0.1) is 12.6 Å². The van der Waals surface area contributed by atoms with Crippen molar-refractivity contribution in [2.45, 2.75) is 154 Å². The van der Waals surface area contributed by atoms with E-state index in [1.807, 2.05) is 18.2 Å². The highest BCUT2D eigenvalue weighted by molar-refractivity contribution is 5.98. The number of aliphatic carboxylic acids is 3. The molecule has 3 rings (SSSR count). The fourth-order valence-electron chi connectivity index (χ4n) is 8.37. The molecule has 9 atom stereocenters. The largest absolute Gasteiger partial charge is 0.481 e. The minimum Gasteiger partial charge on any atom is -0.481 e. The van der Waals surface area contributed by atoms with Gasteiger partial charge in [-0.1, -0.05) is 102 Å². The Labute approximate surface area is 441 Å². The third-order valence-corrected chi connectivity index (χ3v) is 12.6. The predicted molar refractivity (Wildman–Crippen MR) is 274 cm³/mol. The lowest BCUT2D eigenvalue weighted by Gasteiger charge is -2.32. The van der Waals surface area contributed by atoms with Crippen LogP contribution < -0.4 is 43.0 Å². The van der Waals surface area contributed by atoms with Crippen LogP contribution in [0.2, 0.25) is 0 Å². The second-order valence-electron chi connectivity index (χ2n) is 20.0. The van der Waals surface area contributed by atoms with Crippen LogP contribution in [0.4, 0.5) is 0 Å². The number of carbonyl (C=O) groups is 11. The van der Waals surface area contributed by atoms with Crippen molar-refractivity contribution in [2.24, 2.45) is 23.5 Å². The quantitative estimate of drug-likeness (QED) is 0.0446. The predicted octanol–water partition coefficient (Wildman–Crippen LogP) is -0.652. The lowest BCUT2D eigenvalue weighted by molar-refractivity contribution is -0.143. The van der Waals surface area contributed by atoms with Gasteiger partial charge < -0.3 is 68.3 Å². The Bertz CT molecular complexity index is 2340. The minimum atomic E-state index is -1.78. The van der Waals surface area contributed by atoms with Gasteiger partial charge >= 0.3 is 17.9 Å². The van der Waals surface area contributed by atoms with Crippen LogP contribution in [0.1, 0.15) is 97.6 Å². The van der Waals surface area contributed by atoms with E-state index in [4.69, 9.17) is 5.73 Å². The number of nitrogens with zero attached hydrogens (tertiary/aromatic N) is 1. The number of carboxylic acids is 3. The summed E-state index contributed by atoms with van der Waals surface area (Å²) in [5.41, 5.74) is 7.52. The van der Waals surface area contributed by atoms with Crippen LogP contribution in [0.3, 0.4) is 0 Å². The zero-order valence-corrected chi connectivity index (χ0v) is 43.8. The molecule has 1 aliphatic heterocycles. The Morgan fingerprint density at radius 2 is 1.00 bits per heavy atom. The van der Waals surface area contributed by atoms with E-state index in [0.29, 0.717) is 12.0 Å². The molecule has 1 saturated heterocycles. The number of nitrogens with two attached hydrogens (primary N) is 1. The Hall–Kier alpha value is -7.47. The number of benzene rings is 2. The van der Waals surface area contributed by atoms with Crippen LogP contribution >= 0.6 is 0 Å². The van der Waals surface area contributed by atoms with E-state index >= 15 is 0 Å². The SMILES string of the molecule is CC(C)C[C@H](NC(=O)[C@H](CCC(=O)O)NC(=O)[C@H](Cc1ccccc1)NC(=O)[C@H](CO)NC(=O)[C@@H](NC(=O)[C@H](CCC(=O)O)NC(=O)[C@@H]1CCCN1C(=O)[C@@H](NC(=O)[C@@H](N)Cc1ccccc1)C(C)C)C(C)C)C(=O)O. The highest BCUT2D eigenvalue weighted by Gasteiger charge is 2.41. The van der Waals surface area contributed by atoms with E-state index in [9.17, 15) is 73.2 Å². The van der Waals surface area contributed by atoms with Crippen LogP contribution in [-0.2, 0) is 65.6 Å². The number of carbonyl (C=O) groups excluding carboxylic acids is 8. The number of nitrogens with one attached hydrogen (secondary N) is 7. The van der Waals surface area contributed by atoms with Crippen LogP contribution in [0.25, 0.3) is 0 Å². The molecule has 0 aromatic heterocycles. The molecule has 2 aromatic rings. The molecule has 76 heavy (non-hydrogen) atoms. The monoisotopic (exact) mass is 1070 g/mol. The molecule has 0 saturated carbocycles. The average Bonchev–Trinajstić information content (AvgIpc) is 3.86. The first-order chi connectivity index (χ1) is 35.8. The summed E-state index contributed by atoms with van der Waals surface area (Å²) in [6.07, 6.45) is -1.58. The van der Waals surface area contributed by atoms with Crippen LogP contribution in [0.15, 0.2) is 60.7 Å². The van der Waals surface area contributed by atoms with Crippen molar-refractivity contribution in [1.29, 1.82) is 0 Å². The van der Waals surface area contributed by atoms with Crippen molar-refractivity contribution in [1.82, 2.24) is 42.1 Å². The summed E-state index contributed by atoms with van der Waals surface area (Å²) in [7, 11) is 0. The molecule has 1 heterocycles. The average molecular weight is 1070 g/mol. The number of amides is 8. The fourth-order valence-corrected chi connectivity index (χ4v) is 8.37. The molecule has 0 bridgehead atoms. The molecule has 13 N–H and O–H groups in total. The van der Waals surface area contributed by atoms with Crippen molar-refractivity contribution in [2.75, 3.05) is 13.2 Å². The van der Waals surface area contributed by atoms with Gasteiger partial charge in [0.1, 0.15) is 48.3 Å². The van der Waals surface area contributed by atoms with E-state index in [1.54, 1.807) is 70.2 Å². The maximum atomic E-state index is 14.0. The van der Waals surface area contributed by atoms with Gasteiger partial charge in [-0.3, -0.25) is 47.9 Å². The molecule has 0 radical (unpaired) electrons. The minimum absolute atomic E-state index is 0.0177. The van der Waals surface area contributed by atoms with E-state index in [1.165, 1.54) is 18.7 Å². The van der Waals surface area contributed by atoms with Gasteiger partial charge in [0.15, 0.2) is 0 Å². The Morgan fingerprint density at radius 3 is 1.50 bits per heavy atom. The van der Waals surface area contributed by atoms with Crippen molar-refractivity contribution < 1.29 is 73.2 Å². The molecular weight excluding hydrogens is 991 g/mol. The van der Waals surface area contributed by atoms with Gasteiger partial charge in [0, 0.05) is 25.8 Å². The van der Waals surface area contributed by atoms with Crippen LogP contribution in [0.5, 0.6) is 0 Å². The number of aliphatic hydroxyl groups is 1. The van der Waals surface area contributed by atoms with Crippen molar-refractivity contribution in [3.8, 4) is 0 Å². The smallest absolute Gasteiger partial charge is 0.326 e. The highest BCUT2D eigenvalue weighted by Crippen LogP contribution is 2.22. The molecule has 0 aliphatic carbocycles. The summed E-state index contributed by atoms with van der Waals surface area (Å²) >= 11 is 0. The molecule has 24 heteroatoms.